The molecule has 0 bridgehead atoms. The second kappa shape index (κ2) is 7.07. The number of fused-ring (bicyclic) bond motifs is 1. The van der Waals surface area contributed by atoms with Gasteiger partial charge >= 0.3 is 0 Å². The monoisotopic (exact) mass is 439 g/mol. The Balaban J connectivity index is 1.73. The second-order valence-corrected chi connectivity index (χ2v) is 9.48. The van der Waals surface area contributed by atoms with Crippen molar-refractivity contribution in [3.05, 3.63) is 52.8 Å². The molecule has 2 aliphatic heterocycles. The van der Waals surface area contributed by atoms with Gasteiger partial charge in [-0.2, -0.15) is 4.31 Å². The molecule has 1 fully saturated rings. The van der Waals surface area contributed by atoms with Crippen LogP contribution < -0.4 is 5.73 Å². The summed E-state index contributed by atoms with van der Waals surface area (Å²) < 4.78 is 69.0. The highest BCUT2D eigenvalue weighted by Crippen LogP contribution is 2.37. The first-order valence-electron chi connectivity index (χ1n) is 9.28. The van der Waals surface area contributed by atoms with Gasteiger partial charge in [-0.25, -0.2) is 21.6 Å². The molecule has 2 aromatic carbocycles. The maximum absolute atomic E-state index is 15.1. The molecule has 30 heavy (non-hydrogen) atoms. The molecule has 2 aromatic rings. The molecular formula is C20H20F3N3O3S. The van der Waals surface area contributed by atoms with Crippen molar-refractivity contribution in [2.24, 2.45) is 10.7 Å². The van der Waals surface area contributed by atoms with Crippen LogP contribution in [0, 0.1) is 12.7 Å². The van der Waals surface area contributed by atoms with E-state index in [4.69, 9.17) is 5.73 Å². The number of aliphatic hydroxyl groups is 1. The number of nitrogens with zero attached hydrogens (tertiary/aromatic N) is 2. The number of hydrogen-bond acceptors (Lipinski definition) is 5. The number of rotatable bonds is 4. The highest BCUT2D eigenvalue weighted by molar-refractivity contribution is 7.89. The lowest BCUT2D eigenvalue weighted by atomic mass is 9.96. The van der Waals surface area contributed by atoms with Gasteiger partial charge < -0.3 is 10.8 Å². The van der Waals surface area contributed by atoms with Gasteiger partial charge in [0.25, 0.3) is 5.92 Å². The first-order chi connectivity index (χ1) is 14.0. The topological polar surface area (TPSA) is 96.0 Å². The number of alkyl halides is 2. The molecule has 1 atom stereocenters. The lowest BCUT2D eigenvalue weighted by Gasteiger charge is -2.22. The molecule has 0 amide bonds. The van der Waals surface area contributed by atoms with Crippen LogP contribution in [0.4, 0.5) is 13.2 Å². The highest BCUT2D eigenvalue weighted by atomic mass is 32.2. The van der Waals surface area contributed by atoms with Crippen molar-refractivity contribution in [2.45, 2.75) is 36.7 Å². The Kier molecular flexibility index (Phi) is 4.91. The zero-order valence-corrected chi connectivity index (χ0v) is 16.9. The Morgan fingerprint density at radius 1 is 1.27 bits per heavy atom. The maximum atomic E-state index is 15.1. The molecule has 6 nitrogen and oxygen atoms in total. The second-order valence-electron chi connectivity index (χ2n) is 7.59. The zero-order chi connectivity index (χ0) is 21.8. The van der Waals surface area contributed by atoms with Crippen molar-refractivity contribution in [3.63, 3.8) is 0 Å². The molecule has 0 unspecified atom stereocenters. The van der Waals surface area contributed by atoms with Crippen molar-refractivity contribution >= 4 is 15.9 Å². The fourth-order valence-electron chi connectivity index (χ4n) is 4.02. The number of nitrogens with two attached hydrogens (primary N) is 1. The van der Waals surface area contributed by atoms with Crippen LogP contribution in [0.2, 0.25) is 0 Å². The quantitative estimate of drug-likeness (QED) is 0.765. The highest BCUT2D eigenvalue weighted by Gasteiger charge is 2.49. The molecule has 2 heterocycles. The fraction of sp³-hybridized carbons (Fsp3) is 0.350. The van der Waals surface area contributed by atoms with Crippen molar-refractivity contribution in [1.29, 1.82) is 0 Å². The molecule has 0 saturated carbocycles. The van der Waals surface area contributed by atoms with Gasteiger partial charge in [0, 0.05) is 12.0 Å². The molecule has 10 heteroatoms. The zero-order valence-electron chi connectivity index (χ0n) is 16.1. The van der Waals surface area contributed by atoms with E-state index in [0.717, 1.165) is 0 Å². The Labute approximate surface area is 171 Å². The number of aliphatic hydroxyl groups excluding tert-OH is 1. The van der Waals surface area contributed by atoms with Gasteiger partial charge in [-0.05, 0) is 35.7 Å². The third-order valence-electron chi connectivity index (χ3n) is 5.54. The van der Waals surface area contributed by atoms with Crippen molar-refractivity contribution in [3.8, 4) is 11.1 Å². The molecule has 0 radical (unpaired) electrons. The molecule has 160 valence electrons. The van der Waals surface area contributed by atoms with Crippen molar-refractivity contribution in [2.75, 3.05) is 13.2 Å². The van der Waals surface area contributed by atoms with Gasteiger partial charge in [0.1, 0.15) is 11.7 Å². The van der Waals surface area contributed by atoms with E-state index in [1.54, 1.807) is 19.1 Å². The van der Waals surface area contributed by atoms with E-state index < -0.39 is 47.4 Å². The van der Waals surface area contributed by atoms with Crippen LogP contribution in [-0.2, 0) is 16.6 Å². The number of amidine groups is 1. The van der Waals surface area contributed by atoms with Crippen LogP contribution >= 0.6 is 0 Å². The van der Waals surface area contributed by atoms with Crippen LogP contribution in [0.1, 0.15) is 23.1 Å². The third kappa shape index (κ3) is 3.28. The van der Waals surface area contributed by atoms with E-state index >= 15 is 4.39 Å². The average Bonchev–Trinajstić information content (AvgIpc) is 3.22. The van der Waals surface area contributed by atoms with E-state index in [0.29, 0.717) is 27.5 Å². The van der Waals surface area contributed by atoms with E-state index in [9.17, 15) is 22.3 Å². The standard InChI is InChI=1S/C20H20F3N3O3S/c1-11-6-14(30(28,29)26-10-20(22,23)7-13(26)9-27)3-5-15(11)16-4-2-12-8-25-19(24)17(12)18(16)21/h2-6,13,27H,7-10H2,1H3,(H2,24,25)/t13-/m0/s1. The predicted molar refractivity (Wildman–Crippen MR) is 105 cm³/mol. The van der Waals surface area contributed by atoms with E-state index in [2.05, 4.69) is 4.99 Å². The number of aliphatic imine (C=N–C) groups is 1. The minimum Gasteiger partial charge on any atom is -0.395 e. The minimum atomic E-state index is -4.26. The molecule has 1 saturated heterocycles. The van der Waals surface area contributed by atoms with Gasteiger partial charge in [0.2, 0.25) is 10.0 Å². The summed E-state index contributed by atoms with van der Waals surface area (Å²) in [5.41, 5.74) is 7.85. The fourth-order valence-corrected chi connectivity index (χ4v) is 5.75. The Hall–Kier alpha value is -2.43. The van der Waals surface area contributed by atoms with E-state index in [-0.39, 0.29) is 21.9 Å². The number of aryl methyl sites for hydroxylation is 1. The van der Waals surface area contributed by atoms with Gasteiger partial charge in [-0.1, -0.05) is 18.2 Å². The van der Waals surface area contributed by atoms with E-state index in [1.165, 1.54) is 18.2 Å². The van der Waals surface area contributed by atoms with Crippen molar-refractivity contribution < 1.29 is 26.7 Å². The third-order valence-corrected chi connectivity index (χ3v) is 7.43. The number of halogens is 3. The number of benzene rings is 2. The normalized spacial score (nSPS) is 21.0. The van der Waals surface area contributed by atoms with Gasteiger partial charge in [-0.3, -0.25) is 4.99 Å². The van der Waals surface area contributed by atoms with Gasteiger partial charge in [0.05, 0.1) is 36.2 Å². The SMILES string of the molecule is Cc1cc(S(=O)(=O)N2CC(F)(F)C[C@H]2CO)ccc1-c1ccc2c(c1F)C(N)=NC2. The summed E-state index contributed by atoms with van der Waals surface area (Å²) in [4.78, 5) is 3.84. The molecular weight excluding hydrogens is 419 g/mol. The Bertz CT molecular complexity index is 1170. The summed E-state index contributed by atoms with van der Waals surface area (Å²) >= 11 is 0. The first-order valence-corrected chi connectivity index (χ1v) is 10.7. The largest absolute Gasteiger partial charge is 0.395 e. The molecule has 2 aliphatic rings. The summed E-state index contributed by atoms with van der Waals surface area (Å²) in [6.07, 6.45) is -0.733. The number of sulfonamides is 1. The lowest BCUT2D eigenvalue weighted by Crippen LogP contribution is -2.38. The summed E-state index contributed by atoms with van der Waals surface area (Å²) in [5, 5.41) is 9.35. The minimum absolute atomic E-state index is 0.117. The Morgan fingerprint density at radius 3 is 2.63 bits per heavy atom. The van der Waals surface area contributed by atoms with Crippen molar-refractivity contribution in [1.82, 2.24) is 4.31 Å². The van der Waals surface area contributed by atoms with Crippen LogP contribution in [-0.4, -0.2) is 48.8 Å². The van der Waals surface area contributed by atoms with E-state index in [1.807, 2.05) is 0 Å². The summed E-state index contributed by atoms with van der Waals surface area (Å²) in [6, 6.07) is 6.13. The summed E-state index contributed by atoms with van der Waals surface area (Å²) in [7, 11) is -4.26. The summed E-state index contributed by atoms with van der Waals surface area (Å²) in [5.74, 6) is -3.62. The molecule has 4 rings (SSSR count). The molecule has 3 N–H and O–H groups in total. The van der Waals surface area contributed by atoms with Gasteiger partial charge in [-0.15, -0.1) is 0 Å². The van der Waals surface area contributed by atoms with Crippen LogP contribution in [0.5, 0.6) is 0 Å². The predicted octanol–water partition coefficient (Wildman–Crippen LogP) is 2.41. The van der Waals surface area contributed by atoms with Crippen LogP contribution in [0.3, 0.4) is 0 Å². The average molecular weight is 439 g/mol. The Morgan fingerprint density at radius 2 is 1.97 bits per heavy atom. The van der Waals surface area contributed by atoms with Crippen LogP contribution in [0.15, 0.2) is 40.2 Å². The summed E-state index contributed by atoms with van der Waals surface area (Å²) in [6.45, 7) is 0.232. The number of hydrogen-bond donors (Lipinski definition) is 2. The van der Waals surface area contributed by atoms with Gasteiger partial charge in [0.15, 0.2) is 0 Å². The maximum Gasteiger partial charge on any atom is 0.263 e. The molecule has 0 spiro atoms. The lowest BCUT2D eigenvalue weighted by molar-refractivity contribution is 0.0161. The first kappa shape index (κ1) is 20.8. The van der Waals surface area contributed by atoms with Crippen LogP contribution in [0.25, 0.3) is 11.1 Å². The molecule has 0 aliphatic carbocycles. The smallest absolute Gasteiger partial charge is 0.263 e. The molecule has 0 aromatic heterocycles.